The SMILES string of the molecule is CC(=O)N(c1cccs1)C1C(=O)N2C(C(=O)O)=C(c3cncs3)CSC12. The van der Waals surface area contributed by atoms with Gasteiger partial charge in [-0.3, -0.25) is 24.4 Å². The maximum absolute atomic E-state index is 12.9. The van der Waals surface area contributed by atoms with E-state index in [4.69, 9.17) is 0 Å². The number of aliphatic carboxylic acids is 1. The molecule has 2 amide bonds. The molecule has 0 bridgehead atoms. The van der Waals surface area contributed by atoms with Crippen LogP contribution in [0.5, 0.6) is 0 Å². The highest BCUT2D eigenvalue weighted by Gasteiger charge is 2.57. The van der Waals surface area contributed by atoms with Crippen LogP contribution in [0.2, 0.25) is 0 Å². The first-order chi connectivity index (χ1) is 12.5. The number of carboxylic acid groups (broad SMARTS) is 1. The number of thiophene rings is 1. The molecule has 26 heavy (non-hydrogen) atoms. The first kappa shape index (κ1) is 17.3. The Labute approximate surface area is 160 Å². The van der Waals surface area contributed by atoms with Gasteiger partial charge >= 0.3 is 5.97 Å². The molecule has 0 spiro atoms. The van der Waals surface area contributed by atoms with Gasteiger partial charge in [0.05, 0.1) is 15.4 Å². The molecule has 2 aliphatic rings. The van der Waals surface area contributed by atoms with Gasteiger partial charge in [-0.25, -0.2) is 4.79 Å². The first-order valence-electron chi connectivity index (χ1n) is 7.64. The molecule has 1 saturated heterocycles. The van der Waals surface area contributed by atoms with Gasteiger partial charge in [-0.15, -0.1) is 34.4 Å². The Balaban J connectivity index is 1.72. The predicted molar refractivity (Wildman–Crippen MR) is 101 cm³/mol. The Kier molecular flexibility index (Phi) is 4.33. The molecule has 2 aliphatic heterocycles. The van der Waals surface area contributed by atoms with Crippen LogP contribution in [0.1, 0.15) is 11.8 Å². The quantitative estimate of drug-likeness (QED) is 0.783. The molecule has 0 saturated carbocycles. The Morgan fingerprint density at radius 2 is 2.19 bits per heavy atom. The zero-order valence-corrected chi connectivity index (χ0v) is 15.9. The van der Waals surface area contributed by atoms with Crippen molar-refractivity contribution in [3.8, 4) is 0 Å². The smallest absolute Gasteiger partial charge is 0.353 e. The van der Waals surface area contributed by atoms with E-state index in [0.717, 1.165) is 4.88 Å². The molecule has 0 radical (unpaired) electrons. The Morgan fingerprint density at radius 1 is 1.38 bits per heavy atom. The number of hydrogen-bond donors (Lipinski definition) is 1. The maximum atomic E-state index is 12.9. The van der Waals surface area contributed by atoms with Crippen LogP contribution in [0.4, 0.5) is 5.00 Å². The van der Waals surface area contributed by atoms with Gasteiger partial charge in [0.1, 0.15) is 17.1 Å². The van der Waals surface area contributed by atoms with Crippen LogP contribution in [0.15, 0.2) is 34.9 Å². The Hall–Kier alpha value is -2.17. The molecule has 7 nitrogen and oxygen atoms in total. The second-order valence-corrected chi connectivity index (χ2v) is 8.61. The minimum absolute atomic E-state index is 0.00562. The van der Waals surface area contributed by atoms with Crippen molar-refractivity contribution in [2.75, 3.05) is 10.7 Å². The average molecular weight is 407 g/mol. The molecule has 4 rings (SSSR count). The highest BCUT2D eigenvalue weighted by Crippen LogP contribution is 2.46. The summed E-state index contributed by atoms with van der Waals surface area (Å²) in [6.45, 7) is 1.42. The zero-order chi connectivity index (χ0) is 18.4. The van der Waals surface area contributed by atoms with Gasteiger partial charge in [-0.2, -0.15) is 0 Å². The van der Waals surface area contributed by atoms with E-state index >= 15 is 0 Å². The van der Waals surface area contributed by atoms with Crippen molar-refractivity contribution >= 4 is 62.8 Å². The molecule has 1 N–H and O–H groups in total. The molecule has 0 aliphatic carbocycles. The van der Waals surface area contributed by atoms with Crippen LogP contribution in [0.3, 0.4) is 0 Å². The molecular formula is C16H13N3O4S3. The number of thiazole rings is 1. The normalized spacial score (nSPS) is 22.0. The van der Waals surface area contributed by atoms with Gasteiger partial charge in [0.2, 0.25) is 5.91 Å². The fourth-order valence-electron chi connectivity index (χ4n) is 3.15. The maximum Gasteiger partial charge on any atom is 0.353 e. The van der Waals surface area contributed by atoms with Crippen LogP contribution in [0, 0.1) is 0 Å². The number of rotatable bonds is 4. The minimum atomic E-state index is -1.14. The number of carbonyl (C=O) groups is 3. The number of β-lactam (4-membered cyclic amide) rings is 1. The van der Waals surface area contributed by atoms with E-state index in [2.05, 4.69) is 4.98 Å². The summed E-state index contributed by atoms with van der Waals surface area (Å²) < 4.78 is 0. The van der Waals surface area contributed by atoms with Crippen molar-refractivity contribution in [3.05, 3.63) is 39.8 Å². The van der Waals surface area contributed by atoms with Gasteiger partial charge < -0.3 is 5.11 Å². The summed E-state index contributed by atoms with van der Waals surface area (Å²) in [7, 11) is 0. The molecular weight excluding hydrogens is 394 g/mol. The van der Waals surface area contributed by atoms with Crippen LogP contribution < -0.4 is 4.90 Å². The first-order valence-corrected chi connectivity index (χ1v) is 10.4. The molecule has 2 atom stereocenters. The van der Waals surface area contributed by atoms with Gasteiger partial charge in [0.15, 0.2) is 0 Å². The Morgan fingerprint density at radius 3 is 2.77 bits per heavy atom. The third-order valence-electron chi connectivity index (χ3n) is 4.23. The van der Waals surface area contributed by atoms with E-state index in [9.17, 15) is 19.5 Å². The summed E-state index contributed by atoms with van der Waals surface area (Å²) in [4.78, 5) is 44.5. The van der Waals surface area contributed by atoms with Gasteiger partial charge in [0.25, 0.3) is 5.91 Å². The number of nitrogens with zero attached hydrogens (tertiary/aromatic N) is 3. The monoisotopic (exact) mass is 407 g/mol. The van der Waals surface area contributed by atoms with Crippen LogP contribution in [-0.4, -0.2) is 49.9 Å². The lowest BCUT2D eigenvalue weighted by atomic mass is 10.0. The standard InChI is InChI=1S/C16H13N3O4S3/c1-8(20)18(11-3-2-4-24-11)13-14(21)19-12(16(22)23)9(6-25-15(13)19)10-5-17-7-26-10/h2-5,7,13,15H,6H2,1H3,(H,22,23). The number of carboxylic acids is 1. The van der Waals surface area contributed by atoms with E-state index in [1.807, 2.05) is 11.4 Å². The second-order valence-electron chi connectivity index (χ2n) is 5.69. The molecule has 10 heteroatoms. The summed E-state index contributed by atoms with van der Waals surface area (Å²) in [6, 6.07) is 2.91. The number of aromatic nitrogens is 1. The van der Waals surface area contributed by atoms with Gasteiger partial charge in [0, 0.05) is 24.4 Å². The van der Waals surface area contributed by atoms with E-state index in [-0.39, 0.29) is 17.5 Å². The lowest BCUT2D eigenvalue weighted by Crippen LogP contribution is -2.71. The Bertz CT molecular complexity index is 907. The largest absolute Gasteiger partial charge is 0.477 e. The van der Waals surface area contributed by atoms with Crippen molar-refractivity contribution in [3.63, 3.8) is 0 Å². The van der Waals surface area contributed by atoms with E-state index in [1.54, 1.807) is 17.8 Å². The predicted octanol–water partition coefficient (Wildman–Crippen LogP) is 2.34. The lowest BCUT2D eigenvalue weighted by Gasteiger charge is -2.52. The minimum Gasteiger partial charge on any atom is -0.477 e. The van der Waals surface area contributed by atoms with E-state index in [1.165, 1.54) is 51.2 Å². The fraction of sp³-hybridized carbons (Fsp3) is 0.250. The molecule has 4 heterocycles. The number of amides is 2. The van der Waals surface area contributed by atoms with Gasteiger partial charge in [-0.1, -0.05) is 0 Å². The topological polar surface area (TPSA) is 90.8 Å². The molecule has 2 unspecified atom stereocenters. The molecule has 134 valence electrons. The number of anilines is 1. The lowest BCUT2D eigenvalue weighted by molar-refractivity contribution is -0.148. The number of fused-ring (bicyclic) bond motifs is 1. The van der Waals surface area contributed by atoms with Crippen molar-refractivity contribution < 1.29 is 19.5 Å². The van der Waals surface area contributed by atoms with Crippen molar-refractivity contribution in [1.29, 1.82) is 0 Å². The molecule has 2 aromatic rings. The number of hydrogen-bond acceptors (Lipinski definition) is 7. The zero-order valence-electron chi connectivity index (χ0n) is 13.5. The summed E-state index contributed by atoms with van der Waals surface area (Å²) >= 11 is 4.19. The van der Waals surface area contributed by atoms with Gasteiger partial charge in [-0.05, 0) is 17.5 Å². The van der Waals surface area contributed by atoms with Crippen molar-refractivity contribution in [2.24, 2.45) is 0 Å². The highest BCUT2D eigenvalue weighted by atomic mass is 32.2. The van der Waals surface area contributed by atoms with Crippen LogP contribution in [-0.2, 0) is 14.4 Å². The third-order valence-corrected chi connectivity index (χ3v) is 7.20. The van der Waals surface area contributed by atoms with Crippen molar-refractivity contribution in [2.45, 2.75) is 18.3 Å². The highest BCUT2D eigenvalue weighted by molar-refractivity contribution is 8.00. The summed E-state index contributed by atoms with van der Waals surface area (Å²) in [5.74, 6) is -1.30. The summed E-state index contributed by atoms with van der Waals surface area (Å²) in [5, 5.41) is 11.8. The number of carbonyl (C=O) groups excluding carboxylic acids is 2. The summed E-state index contributed by atoms with van der Waals surface area (Å²) in [5.41, 5.74) is 2.22. The third kappa shape index (κ3) is 2.56. The van der Waals surface area contributed by atoms with E-state index < -0.39 is 17.4 Å². The second kappa shape index (κ2) is 6.53. The number of thioether (sulfide) groups is 1. The summed E-state index contributed by atoms with van der Waals surface area (Å²) in [6.07, 6.45) is 1.61. The van der Waals surface area contributed by atoms with Crippen LogP contribution >= 0.6 is 34.4 Å². The average Bonchev–Trinajstić information content (AvgIpc) is 3.31. The van der Waals surface area contributed by atoms with Crippen molar-refractivity contribution in [1.82, 2.24) is 9.88 Å². The van der Waals surface area contributed by atoms with E-state index in [0.29, 0.717) is 16.3 Å². The molecule has 0 aromatic carbocycles. The fourth-order valence-corrected chi connectivity index (χ4v) is 6.13. The molecule has 1 fully saturated rings. The van der Waals surface area contributed by atoms with Crippen LogP contribution in [0.25, 0.3) is 5.57 Å². The molecule has 2 aromatic heterocycles.